The molecule has 5 heteroatoms. The highest BCUT2D eigenvalue weighted by Crippen LogP contribution is 2.05. The minimum atomic E-state index is 0.710. The lowest BCUT2D eigenvalue weighted by molar-refractivity contribution is 0.811. The molecular weight excluding hydrogens is 214 g/mol. The second-order valence-electron chi connectivity index (χ2n) is 1.57. The molecule has 0 unspecified atom stereocenters. The van der Waals surface area contributed by atoms with E-state index in [1.165, 1.54) is 11.8 Å². The molecule has 0 fully saturated rings. The van der Waals surface area contributed by atoms with Crippen molar-refractivity contribution in [3.8, 4) is 0 Å². The average molecular weight is 220 g/mol. The number of hydrogen-bond acceptors (Lipinski definition) is 4. The molecule has 1 aromatic rings. The summed E-state index contributed by atoms with van der Waals surface area (Å²) < 4.78 is 0. The summed E-state index contributed by atoms with van der Waals surface area (Å²) in [6.07, 6.45) is 3.64. The van der Waals surface area contributed by atoms with Gasteiger partial charge < -0.3 is 0 Å². The lowest BCUT2D eigenvalue weighted by Crippen LogP contribution is -1.93. The smallest absolute Gasteiger partial charge is 0.208 e. The molecule has 0 atom stereocenters. The van der Waals surface area contributed by atoms with Crippen molar-refractivity contribution in [3.63, 3.8) is 0 Å². The first-order chi connectivity index (χ1) is 4.86. The van der Waals surface area contributed by atoms with E-state index in [-0.39, 0.29) is 0 Å². The summed E-state index contributed by atoms with van der Waals surface area (Å²) in [4.78, 5) is 4.03. The third-order valence-corrected chi connectivity index (χ3v) is 2.03. The van der Waals surface area contributed by atoms with Gasteiger partial charge in [-0.05, 0) is 6.26 Å². The maximum absolute atomic E-state index is 4.03. The third-order valence-electron chi connectivity index (χ3n) is 0.907. The topological polar surface area (TPSA) is 38.7 Å². The number of hydrogen-bond donors (Lipinski definition) is 0. The zero-order valence-corrected chi connectivity index (χ0v) is 7.81. The van der Waals surface area contributed by atoms with E-state index in [0.29, 0.717) is 10.5 Å². The number of thioether (sulfide) groups is 1. The third kappa shape index (κ3) is 1.91. The quantitative estimate of drug-likeness (QED) is 0.559. The number of nitrogens with zero attached hydrogens (tertiary/aromatic N) is 3. The lowest BCUT2D eigenvalue weighted by Gasteiger charge is -1.92. The van der Waals surface area contributed by atoms with Gasteiger partial charge in [0, 0.05) is 5.33 Å². The minimum absolute atomic E-state index is 0.710. The maximum Gasteiger partial charge on any atom is 0.208 e. The summed E-state index contributed by atoms with van der Waals surface area (Å²) >= 11 is 4.74. The van der Waals surface area contributed by atoms with Gasteiger partial charge in [-0.3, -0.25) is 0 Å². The van der Waals surface area contributed by atoms with E-state index in [1.54, 1.807) is 6.20 Å². The van der Waals surface area contributed by atoms with Crippen LogP contribution in [0.15, 0.2) is 11.4 Å². The predicted octanol–water partition coefficient (Wildman–Crippen LogP) is 1.49. The monoisotopic (exact) mass is 219 g/mol. The molecule has 0 aromatic carbocycles. The van der Waals surface area contributed by atoms with E-state index in [1.807, 2.05) is 6.26 Å². The van der Waals surface area contributed by atoms with Gasteiger partial charge >= 0.3 is 0 Å². The van der Waals surface area contributed by atoms with Crippen molar-refractivity contribution < 1.29 is 0 Å². The van der Waals surface area contributed by atoms with Gasteiger partial charge in [0.25, 0.3) is 0 Å². The summed E-state index contributed by atoms with van der Waals surface area (Å²) in [6.45, 7) is 0. The van der Waals surface area contributed by atoms with Crippen LogP contribution < -0.4 is 0 Å². The fourth-order valence-corrected chi connectivity index (χ4v) is 0.981. The van der Waals surface area contributed by atoms with Gasteiger partial charge in [-0.1, -0.05) is 27.7 Å². The number of rotatable bonds is 2. The molecule has 0 radical (unpaired) electrons. The van der Waals surface area contributed by atoms with E-state index in [9.17, 15) is 0 Å². The van der Waals surface area contributed by atoms with Crippen molar-refractivity contribution in [2.45, 2.75) is 10.5 Å². The van der Waals surface area contributed by atoms with Crippen molar-refractivity contribution in [3.05, 3.63) is 11.9 Å². The first-order valence-electron chi connectivity index (χ1n) is 2.65. The fourth-order valence-electron chi connectivity index (χ4n) is 0.443. The highest BCUT2D eigenvalue weighted by molar-refractivity contribution is 9.08. The molecule has 54 valence electrons. The highest BCUT2D eigenvalue weighted by Gasteiger charge is 1.94. The summed E-state index contributed by atoms with van der Waals surface area (Å²) in [5, 5.41) is 9.15. The van der Waals surface area contributed by atoms with Crippen molar-refractivity contribution in [2.75, 3.05) is 6.26 Å². The van der Waals surface area contributed by atoms with Gasteiger partial charge in [0.2, 0.25) is 5.16 Å². The molecule has 1 rings (SSSR count). The van der Waals surface area contributed by atoms with E-state index < -0.39 is 0 Å². The van der Waals surface area contributed by atoms with Crippen molar-refractivity contribution in [1.29, 1.82) is 0 Å². The van der Waals surface area contributed by atoms with E-state index in [2.05, 4.69) is 31.1 Å². The lowest BCUT2D eigenvalue weighted by atomic mass is 10.6. The molecule has 0 N–H and O–H groups in total. The molecule has 3 nitrogen and oxygen atoms in total. The zero-order valence-electron chi connectivity index (χ0n) is 5.41. The average Bonchev–Trinajstić information content (AvgIpc) is 2.05. The molecule has 0 saturated carbocycles. The van der Waals surface area contributed by atoms with Gasteiger partial charge in [-0.25, -0.2) is 4.98 Å². The van der Waals surface area contributed by atoms with Gasteiger partial charge in [-0.2, -0.15) is 5.10 Å². The first-order valence-corrected chi connectivity index (χ1v) is 5.00. The minimum Gasteiger partial charge on any atom is -0.228 e. The number of halogens is 1. The van der Waals surface area contributed by atoms with Crippen LogP contribution in [0.2, 0.25) is 0 Å². The SMILES string of the molecule is CSc1ncc(CBr)nn1. The summed E-state index contributed by atoms with van der Waals surface area (Å²) in [5.41, 5.74) is 0.859. The Morgan fingerprint density at radius 3 is 2.80 bits per heavy atom. The standard InChI is InChI=1S/C5H6BrN3S/c1-10-5-7-3-4(2-6)8-9-5/h3H,2H2,1H3. The van der Waals surface area contributed by atoms with Crippen LogP contribution in [-0.2, 0) is 5.33 Å². The van der Waals surface area contributed by atoms with Crippen molar-refractivity contribution in [1.82, 2.24) is 15.2 Å². The van der Waals surface area contributed by atoms with Crippen LogP contribution >= 0.6 is 27.7 Å². The van der Waals surface area contributed by atoms with Crippen molar-refractivity contribution >= 4 is 27.7 Å². The Hall–Kier alpha value is -0.160. The Labute approximate surface area is 71.8 Å². The Morgan fingerprint density at radius 1 is 1.60 bits per heavy atom. The van der Waals surface area contributed by atoms with Crippen LogP contribution in [0.4, 0.5) is 0 Å². The van der Waals surface area contributed by atoms with Gasteiger partial charge in [0.05, 0.1) is 11.9 Å². The predicted molar refractivity (Wildman–Crippen MR) is 44.2 cm³/mol. The number of alkyl halides is 1. The molecule has 0 aliphatic carbocycles. The second kappa shape index (κ2) is 3.88. The largest absolute Gasteiger partial charge is 0.228 e. The van der Waals surface area contributed by atoms with Crippen LogP contribution in [-0.4, -0.2) is 21.4 Å². The molecule has 1 aromatic heterocycles. The number of aromatic nitrogens is 3. The Kier molecular flexibility index (Phi) is 3.08. The van der Waals surface area contributed by atoms with Crippen LogP contribution in [0.25, 0.3) is 0 Å². The Bertz CT molecular complexity index is 178. The summed E-state index contributed by atoms with van der Waals surface area (Å²) in [7, 11) is 0. The van der Waals surface area contributed by atoms with E-state index in [4.69, 9.17) is 0 Å². The molecule has 0 aliphatic heterocycles. The molecule has 0 bridgehead atoms. The molecule has 0 aliphatic rings. The van der Waals surface area contributed by atoms with Gasteiger partial charge in [-0.15, -0.1) is 5.10 Å². The fraction of sp³-hybridized carbons (Fsp3) is 0.400. The van der Waals surface area contributed by atoms with Crippen LogP contribution in [0.1, 0.15) is 5.69 Å². The zero-order chi connectivity index (χ0) is 7.40. The first kappa shape index (κ1) is 7.94. The molecule has 0 spiro atoms. The molecule has 1 heterocycles. The van der Waals surface area contributed by atoms with Crippen LogP contribution in [0, 0.1) is 0 Å². The van der Waals surface area contributed by atoms with Gasteiger partial charge in [0.1, 0.15) is 0 Å². The van der Waals surface area contributed by atoms with Crippen LogP contribution in [0.5, 0.6) is 0 Å². The molecule has 0 amide bonds. The Morgan fingerprint density at radius 2 is 2.40 bits per heavy atom. The maximum atomic E-state index is 4.03. The Balaban J connectivity index is 2.80. The van der Waals surface area contributed by atoms with E-state index >= 15 is 0 Å². The summed E-state index contributed by atoms with van der Waals surface area (Å²) in [6, 6.07) is 0. The van der Waals surface area contributed by atoms with E-state index in [0.717, 1.165) is 5.69 Å². The van der Waals surface area contributed by atoms with Crippen molar-refractivity contribution in [2.24, 2.45) is 0 Å². The van der Waals surface area contributed by atoms with Gasteiger partial charge in [0.15, 0.2) is 0 Å². The molecule has 10 heavy (non-hydrogen) atoms. The normalized spacial score (nSPS) is 9.80. The molecule has 0 saturated heterocycles. The second-order valence-corrected chi connectivity index (χ2v) is 2.90. The molecular formula is C5H6BrN3S. The highest BCUT2D eigenvalue weighted by atomic mass is 79.9. The van der Waals surface area contributed by atoms with Crippen LogP contribution in [0.3, 0.4) is 0 Å². The summed E-state index contributed by atoms with van der Waals surface area (Å²) in [5.74, 6) is 0.